The first-order chi connectivity index (χ1) is 15.2. The van der Waals surface area contributed by atoms with Gasteiger partial charge in [0.25, 0.3) is 0 Å². The Balaban J connectivity index is 1.65. The van der Waals surface area contributed by atoms with E-state index in [4.69, 9.17) is 0 Å². The number of aryl methyl sites for hydroxylation is 1. The second-order valence-electron chi connectivity index (χ2n) is 8.30. The highest BCUT2D eigenvalue weighted by atomic mass is 16.2. The van der Waals surface area contributed by atoms with Gasteiger partial charge < -0.3 is 0 Å². The largest absolute Gasteiger partial charge is 0.274 e. The van der Waals surface area contributed by atoms with E-state index in [1.807, 2.05) is 60.7 Å². The SMILES string of the molecule is CCc1ccccc1N1C(=O)C2C(c3ccccc3)C=CC(c3ccccc3)C2C1=O. The van der Waals surface area contributed by atoms with Crippen LogP contribution in [0.5, 0.6) is 0 Å². The lowest BCUT2D eigenvalue weighted by Gasteiger charge is -2.32. The second kappa shape index (κ2) is 7.99. The molecule has 2 amide bonds. The Labute approximate surface area is 183 Å². The third-order valence-electron chi connectivity index (χ3n) is 6.68. The average molecular weight is 408 g/mol. The monoisotopic (exact) mass is 407 g/mol. The number of amides is 2. The van der Waals surface area contributed by atoms with Gasteiger partial charge in [-0.2, -0.15) is 0 Å². The number of hydrogen-bond acceptors (Lipinski definition) is 2. The summed E-state index contributed by atoms with van der Waals surface area (Å²) in [6, 6.07) is 27.9. The lowest BCUT2D eigenvalue weighted by Crippen LogP contribution is -2.32. The van der Waals surface area contributed by atoms with E-state index in [9.17, 15) is 9.59 Å². The smallest absolute Gasteiger partial charge is 0.238 e. The molecule has 1 aliphatic carbocycles. The van der Waals surface area contributed by atoms with Gasteiger partial charge in [-0.15, -0.1) is 0 Å². The number of anilines is 1. The normalized spacial score (nSPS) is 25.0. The fourth-order valence-electron chi connectivity index (χ4n) is 5.20. The molecule has 3 aromatic rings. The summed E-state index contributed by atoms with van der Waals surface area (Å²) >= 11 is 0. The summed E-state index contributed by atoms with van der Waals surface area (Å²) in [4.78, 5) is 29.2. The van der Waals surface area contributed by atoms with Crippen LogP contribution in [0.4, 0.5) is 5.69 Å². The number of para-hydroxylation sites is 1. The van der Waals surface area contributed by atoms with E-state index in [0.717, 1.165) is 28.8 Å². The lowest BCUT2D eigenvalue weighted by atomic mass is 9.68. The van der Waals surface area contributed by atoms with Crippen LogP contribution in [0.25, 0.3) is 0 Å². The Kier molecular flexibility index (Phi) is 5.03. The average Bonchev–Trinajstić information content (AvgIpc) is 3.10. The molecule has 2 aliphatic rings. The minimum Gasteiger partial charge on any atom is -0.274 e. The van der Waals surface area contributed by atoms with E-state index in [-0.39, 0.29) is 23.7 Å². The second-order valence-corrected chi connectivity index (χ2v) is 8.30. The summed E-state index contributed by atoms with van der Waals surface area (Å²) in [6.07, 6.45) is 5.04. The molecule has 0 saturated carbocycles. The minimum absolute atomic E-state index is 0.0879. The van der Waals surface area contributed by atoms with Gasteiger partial charge in [0, 0.05) is 11.8 Å². The van der Waals surface area contributed by atoms with Gasteiger partial charge in [0.2, 0.25) is 11.8 Å². The summed E-state index contributed by atoms with van der Waals surface area (Å²) in [5, 5.41) is 0. The summed E-state index contributed by atoms with van der Waals surface area (Å²) in [6.45, 7) is 2.05. The van der Waals surface area contributed by atoms with Crippen LogP contribution in [0.1, 0.15) is 35.4 Å². The molecule has 3 nitrogen and oxygen atoms in total. The maximum atomic E-state index is 13.9. The van der Waals surface area contributed by atoms with Crippen molar-refractivity contribution in [2.75, 3.05) is 4.90 Å². The molecule has 4 atom stereocenters. The number of benzene rings is 3. The fourth-order valence-corrected chi connectivity index (χ4v) is 5.20. The van der Waals surface area contributed by atoms with Crippen molar-refractivity contribution >= 4 is 17.5 Å². The molecule has 5 rings (SSSR count). The van der Waals surface area contributed by atoms with E-state index >= 15 is 0 Å². The first-order valence-electron chi connectivity index (χ1n) is 10.9. The van der Waals surface area contributed by atoms with Crippen molar-refractivity contribution in [1.82, 2.24) is 0 Å². The van der Waals surface area contributed by atoms with Gasteiger partial charge in [-0.3, -0.25) is 9.59 Å². The van der Waals surface area contributed by atoms with Gasteiger partial charge in [-0.05, 0) is 29.2 Å². The maximum absolute atomic E-state index is 13.9. The van der Waals surface area contributed by atoms with E-state index in [1.165, 1.54) is 4.90 Å². The third-order valence-corrected chi connectivity index (χ3v) is 6.68. The molecular weight excluding hydrogens is 382 g/mol. The van der Waals surface area contributed by atoms with Crippen molar-refractivity contribution in [1.29, 1.82) is 0 Å². The summed E-state index contributed by atoms with van der Waals surface area (Å²) in [7, 11) is 0. The van der Waals surface area contributed by atoms with Crippen molar-refractivity contribution in [3.05, 3.63) is 114 Å². The summed E-state index contributed by atoms with van der Waals surface area (Å²) < 4.78 is 0. The molecule has 1 heterocycles. The highest BCUT2D eigenvalue weighted by molar-refractivity contribution is 6.23. The number of nitrogens with zero attached hydrogens (tertiary/aromatic N) is 1. The van der Waals surface area contributed by atoms with Crippen LogP contribution in [0.3, 0.4) is 0 Å². The summed E-state index contributed by atoms with van der Waals surface area (Å²) in [5.74, 6) is -1.21. The molecule has 0 spiro atoms. The molecule has 0 radical (unpaired) electrons. The van der Waals surface area contributed by atoms with E-state index in [1.54, 1.807) is 0 Å². The number of allylic oxidation sites excluding steroid dienone is 2. The quantitative estimate of drug-likeness (QED) is 0.423. The number of hydrogen-bond donors (Lipinski definition) is 0. The Hall–Kier alpha value is -3.46. The highest BCUT2D eigenvalue weighted by Crippen LogP contribution is 2.50. The van der Waals surface area contributed by atoms with Crippen molar-refractivity contribution in [2.24, 2.45) is 11.8 Å². The van der Waals surface area contributed by atoms with Gasteiger partial charge in [0.15, 0.2) is 0 Å². The molecule has 4 unspecified atom stereocenters. The van der Waals surface area contributed by atoms with Crippen LogP contribution in [-0.2, 0) is 16.0 Å². The first-order valence-corrected chi connectivity index (χ1v) is 10.9. The fraction of sp³-hybridized carbons (Fsp3) is 0.214. The molecule has 3 heteroatoms. The van der Waals surface area contributed by atoms with Gasteiger partial charge in [0.05, 0.1) is 17.5 Å². The number of rotatable bonds is 4. The van der Waals surface area contributed by atoms with Crippen molar-refractivity contribution < 1.29 is 9.59 Å². The highest BCUT2D eigenvalue weighted by Gasteiger charge is 2.55. The third kappa shape index (κ3) is 3.21. The van der Waals surface area contributed by atoms with Crippen molar-refractivity contribution in [3.8, 4) is 0 Å². The number of imide groups is 1. The lowest BCUT2D eigenvalue weighted by molar-refractivity contribution is -0.122. The molecule has 154 valence electrons. The number of carbonyl (C=O) groups excluding carboxylic acids is 2. The van der Waals surface area contributed by atoms with E-state index in [2.05, 4.69) is 43.3 Å². The van der Waals surface area contributed by atoms with Crippen LogP contribution >= 0.6 is 0 Å². The van der Waals surface area contributed by atoms with E-state index in [0.29, 0.717) is 0 Å². The first kappa shape index (κ1) is 19.5. The zero-order valence-corrected chi connectivity index (χ0v) is 17.5. The van der Waals surface area contributed by atoms with Crippen LogP contribution in [-0.4, -0.2) is 11.8 Å². The Morgan fingerprint density at radius 1 is 0.645 bits per heavy atom. The van der Waals surface area contributed by atoms with Crippen LogP contribution < -0.4 is 4.90 Å². The molecule has 31 heavy (non-hydrogen) atoms. The number of carbonyl (C=O) groups is 2. The van der Waals surface area contributed by atoms with Gasteiger partial charge >= 0.3 is 0 Å². The topological polar surface area (TPSA) is 37.4 Å². The van der Waals surface area contributed by atoms with E-state index < -0.39 is 11.8 Å². The molecule has 1 fully saturated rings. The van der Waals surface area contributed by atoms with Crippen LogP contribution in [0.15, 0.2) is 97.1 Å². The van der Waals surface area contributed by atoms with Crippen molar-refractivity contribution in [3.63, 3.8) is 0 Å². The predicted molar refractivity (Wildman–Crippen MR) is 123 cm³/mol. The standard InChI is InChI=1S/C28H25NO2/c1-2-19-11-9-10-16-24(19)29-27(30)25-22(20-12-5-3-6-13-20)17-18-23(26(25)28(29)31)21-14-7-4-8-15-21/h3-18,22-23,25-26H,2H2,1H3. The maximum Gasteiger partial charge on any atom is 0.238 e. The molecule has 1 saturated heterocycles. The molecular formula is C28H25NO2. The Morgan fingerprint density at radius 2 is 1.10 bits per heavy atom. The van der Waals surface area contributed by atoms with Crippen LogP contribution in [0, 0.1) is 11.8 Å². The predicted octanol–water partition coefficient (Wildman–Crippen LogP) is 5.49. The van der Waals surface area contributed by atoms with Gasteiger partial charge in [-0.1, -0.05) is 97.9 Å². The molecule has 0 N–H and O–H groups in total. The van der Waals surface area contributed by atoms with Crippen molar-refractivity contribution in [2.45, 2.75) is 25.2 Å². The zero-order valence-electron chi connectivity index (χ0n) is 17.5. The molecule has 1 aliphatic heterocycles. The molecule has 0 aromatic heterocycles. The van der Waals surface area contributed by atoms with Gasteiger partial charge in [0.1, 0.15) is 0 Å². The molecule has 3 aromatic carbocycles. The van der Waals surface area contributed by atoms with Gasteiger partial charge in [-0.25, -0.2) is 4.90 Å². The summed E-state index contributed by atoms with van der Waals surface area (Å²) in [5.41, 5.74) is 3.90. The molecule has 0 bridgehead atoms. The van der Waals surface area contributed by atoms with Crippen LogP contribution in [0.2, 0.25) is 0 Å². The Bertz CT molecular complexity index is 1070. The minimum atomic E-state index is -0.407. The Morgan fingerprint density at radius 3 is 1.58 bits per heavy atom. The zero-order chi connectivity index (χ0) is 21.4. The number of fused-ring (bicyclic) bond motifs is 1.